The highest BCUT2D eigenvalue weighted by molar-refractivity contribution is 6.27. The molecule has 0 aliphatic carbocycles. The fraction of sp³-hybridized carbons (Fsp3) is 0. The summed E-state index contributed by atoms with van der Waals surface area (Å²) >= 11 is 0. The van der Waals surface area contributed by atoms with Crippen molar-refractivity contribution in [3.63, 3.8) is 0 Å². The SMILES string of the molecule is [C-]#[N+]c1cncc(-c2ccc(-c3c4ccccc4c(-c4ccc(-c5cncc(C#N)c5)cc4)c4ccc5ccccc5c34)cc2)c1. The molecule has 0 amide bonds. The normalized spacial score (nSPS) is 11.0. The molecule has 8 rings (SSSR count). The zero-order valence-corrected chi connectivity index (χ0v) is 24.6. The number of hydrogen-bond acceptors (Lipinski definition) is 3. The molecule has 0 saturated heterocycles. The number of nitrogens with zero attached hydrogens (tertiary/aromatic N) is 4. The molecule has 46 heavy (non-hydrogen) atoms. The number of aromatic nitrogens is 2. The van der Waals surface area contributed by atoms with Crippen LogP contribution in [0.1, 0.15) is 5.56 Å². The molecular weight excluding hydrogens is 560 g/mol. The first kappa shape index (κ1) is 27.0. The molecule has 0 aliphatic heterocycles. The van der Waals surface area contributed by atoms with Gasteiger partial charge in [-0.25, -0.2) is 4.85 Å². The number of fused-ring (bicyclic) bond motifs is 4. The van der Waals surface area contributed by atoms with E-state index in [9.17, 15) is 5.26 Å². The van der Waals surface area contributed by atoms with Crippen molar-refractivity contribution in [1.82, 2.24) is 9.97 Å². The van der Waals surface area contributed by atoms with Crippen LogP contribution in [0, 0.1) is 17.9 Å². The van der Waals surface area contributed by atoms with Gasteiger partial charge in [-0.15, -0.1) is 0 Å². The van der Waals surface area contributed by atoms with Crippen molar-refractivity contribution < 1.29 is 0 Å². The Balaban J connectivity index is 1.37. The number of hydrogen-bond donors (Lipinski definition) is 0. The molecule has 0 atom stereocenters. The van der Waals surface area contributed by atoms with Crippen LogP contribution in [0.2, 0.25) is 0 Å². The van der Waals surface area contributed by atoms with Crippen molar-refractivity contribution in [2.45, 2.75) is 0 Å². The Morgan fingerprint density at radius 3 is 1.74 bits per heavy atom. The Kier molecular flexibility index (Phi) is 6.53. The van der Waals surface area contributed by atoms with Gasteiger partial charge in [0.05, 0.1) is 12.1 Å². The van der Waals surface area contributed by atoms with Gasteiger partial charge in [0.2, 0.25) is 5.69 Å². The number of rotatable bonds is 4. The molecular formula is C42H24N4. The molecule has 0 unspecified atom stereocenters. The lowest BCUT2D eigenvalue weighted by molar-refractivity contribution is 1.30. The summed E-state index contributed by atoms with van der Waals surface area (Å²) in [6.07, 6.45) is 6.77. The van der Waals surface area contributed by atoms with E-state index in [0.29, 0.717) is 11.3 Å². The second-order valence-corrected chi connectivity index (χ2v) is 11.3. The summed E-state index contributed by atoms with van der Waals surface area (Å²) < 4.78 is 0. The molecule has 2 aromatic heterocycles. The zero-order valence-electron chi connectivity index (χ0n) is 24.6. The Morgan fingerprint density at radius 2 is 1.07 bits per heavy atom. The molecule has 2 heterocycles. The van der Waals surface area contributed by atoms with Gasteiger partial charge in [0.25, 0.3) is 0 Å². The summed E-state index contributed by atoms with van der Waals surface area (Å²) in [5.41, 5.74) is 9.59. The minimum Gasteiger partial charge on any atom is -0.276 e. The van der Waals surface area contributed by atoms with E-state index in [2.05, 4.69) is 130 Å². The fourth-order valence-corrected chi connectivity index (χ4v) is 6.52. The van der Waals surface area contributed by atoms with E-state index >= 15 is 0 Å². The van der Waals surface area contributed by atoms with E-state index in [1.807, 2.05) is 12.1 Å². The van der Waals surface area contributed by atoms with Crippen molar-refractivity contribution in [2.75, 3.05) is 0 Å². The maximum atomic E-state index is 9.37. The van der Waals surface area contributed by atoms with Crippen LogP contribution in [0.4, 0.5) is 5.69 Å². The highest BCUT2D eigenvalue weighted by Gasteiger charge is 2.19. The average molecular weight is 585 g/mol. The number of benzene rings is 6. The first-order valence-corrected chi connectivity index (χ1v) is 15.0. The lowest BCUT2D eigenvalue weighted by Gasteiger charge is -2.20. The van der Waals surface area contributed by atoms with Crippen LogP contribution in [-0.4, -0.2) is 9.97 Å². The summed E-state index contributed by atoms with van der Waals surface area (Å²) in [6, 6.07) is 44.8. The average Bonchev–Trinajstić information content (AvgIpc) is 3.14. The van der Waals surface area contributed by atoms with E-state index in [1.54, 1.807) is 24.8 Å². The molecule has 0 fully saturated rings. The van der Waals surface area contributed by atoms with Crippen LogP contribution in [0.25, 0.3) is 81.7 Å². The highest BCUT2D eigenvalue weighted by atomic mass is 14.7. The summed E-state index contributed by atoms with van der Waals surface area (Å²) in [5.74, 6) is 0. The van der Waals surface area contributed by atoms with E-state index < -0.39 is 0 Å². The van der Waals surface area contributed by atoms with Gasteiger partial charge in [-0.1, -0.05) is 109 Å². The first-order chi connectivity index (χ1) is 22.7. The van der Waals surface area contributed by atoms with E-state index in [4.69, 9.17) is 6.57 Å². The standard InChI is InChI=1S/C42H24N4/c1-44-35-21-34(25-46-26-35)29-12-16-32(17-13-29)41-38-9-5-4-8-37(38)40(39-19-18-30-6-2-3-7-36(30)42(39)41)31-14-10-28(11-15-31)33-20-27(22-43)23-45-24-33/h2-21,23-26H. The van der Waals surface area contributed by atoms with Crippen LogP contribution in [0.15, 0.2) is 146 Å². The monoisotopic (exact) mass is 584 g/mol. The van der Waals surface area contributed by atoms with Gasteiger partial charge >= 0.3 is 0 Å². The van der Waals surface area contributed by atoms with Gasteiger partial charge < -0.3 is 0 Å². The largest absolute Gasteiger partial charge is 0.276 e. The lowest BCUT2D eigenvalue weighted by Crippen LogP contribution is -1.92. The van der Waals surface area contributed by atoms with Crippen molar-refractivity contribution in [3.05, 3.63) is 163 Å². The topological polar surface area (TPSA) is 53.9 Å². The molecule has 0 spiro atoms. The van der Waals surface area contributed by atoms with Gasteiger partial charge in [0, 0.05) is 30.4 Å². The smallest absolute Gasteiger partial charge is 0.205 e. The summed E-state index contributed by atoms with van der Waals surface area (Å²) in [7, 11) is 0. The maximum Gasteiger partial charge on any atom is 0.205 e. The van der Waals surface area contributed by atoms with E-state index in [1.165, 1.54) is 43.4 Å². The predicted molar refractivity (Wildman–Crippen MR) is 187 cm³/mol. The lowest BCUT2D eigenvalue weighted by atomic mass is 9.83. The van der Waals surface area contributed by atoms with Gasteiger partial charge in [-0.3, -0.25) is 9.97 Å². The minimum absolute atomic E-state index is 0.529. The third-order valence-electron chi connectivity index (χ3n) is 8.65. The first-order valence-electron chi connectivity index (χ1n) is 15.0. The molecule has 0 aliphatic rings. The van der Waals surface area contributed by atoms with Gasteiger partial charge in [-0.05, 0) is 83.4 Å². The Labute approximate surface area is 266 Å². The van der Waals surface area contributed by atoms with Crippen LogP contribution < -0.4 is 0 Å². The van der Waals surface area contributed by atoms with E-state index in [0.717, 1.165) is 33.4 Å². The van der Waals surface area contributed by atoms with E-state index in [-0.39, 0.29) is 0 Å². The third-order valence-corrected chi connectivity index (χ3v) is 8.65. The van der Waals surface area contributed by atoms with Gasteiger partial charge in [0.15, 0.2) is 0 Å². The number of nitriles is 1. The van der Waals surface area contributed by atoms with Crippen molar-refractivity contribution >= 4 is 38.0 Å². The summed E-state index contributed by atoms with van der Waals surface area (Å²) in [5, 5.41) is 16.5. The number of pyridine rings is 2. The Hall–Kier alpha value is -6.62. The van der Waals surface area contributed by atoms with Crippen LogP contribution in [-0.2, 0) is 0 Å². The second kappa shape index (κ2) is 11.1. The molecule has 0 radical (unpaired) electrons. The molecule has 0 saturated carbocycles. The highest BCUT2D eigenvalue weighted by Crippen LogP contribution is 2.46. The van der Waals surface area contributed by atoms with Crippen molar-refractivity contribution in [2.24, 2.45) is 0 Å². The zero-order chi connectivity index (χ0) is 31.0. The molecule has 0 bridgehead atoms. The van der Waals surface area contributed by atoms with Crippen molar-refractivity contribution in [3.8, 4) is 50.6 Å². The van der Waals surface area contributed by atoms with Gasteiger partial charge in [-0.2, -0.15) is 5.26 Å². The van der Waals surface area contributed by atoms with Gasteiger partial charge in [0.1, 0.15) is 6.07 Å². The molecule has 6 aromatic carbocycles. The second-order valence-electron chi connectivity index (χ2n) is 11.3. The summed E-state index contributed by atoms with van der Waals surface area (Å²) in [4.78, 5) is 12.1. The minimum atomic E-state index is 0.529. The Morgan fingerprint density at radius 1 is 0.500 bits per heavy atom. The quantitative estimate of drug-likeness (QED) is 0.117. The summed E-state index contributed by atoms with van der Waals surface area (Å²) in [6.45, 7) is 7.38. The molecule has 4 nitrogen and oxygen atoms in total. The predicted octanol–water partition coefficient (Wildman–Crippen LogP) is 11.0. The van der Waals surface area contributed by atoms with Crippen LogP contribution in [0.3, 0.4) is 0 Å². The molecule has 8 aromatic rings. The maximum absolute atomic E-state index is 9.37. The molecule has 212 valence electrons. The molecule has 4 heteroatoms. The van der Waals surface area contributed by atoms with Crippen molar-refractivity contribution in [1.29, 1.82) is 5.26 Å². The third kappa shape index (κ3) is 4.54. The van der Waals surface area contributed by atoms with Crippen LogP contribution in [0.5, 0.6) is 0 Å². The molecule has 0 N–H and O–H groups in total. The van der Waals surface area contributed by atoms with Crippen LogP contribution >= 0.6 is 0 Å². The Bertz CT molecular complexity index is 2530. The fourth-order valence-electron chi connectivity index (χ4n) is 6.52.